The van der Waals surface area contributed by atoms with E-state index >= 15 is 0 Å². The molecule has 3 atom stereocenters. The average Bonchev–Trinajstić information content (AvgIpc) is 3.14. The zero-order valence-corrected chi connectivity index (χ0v) is 14.8. The van der Waals surface area contributed by atoms with Crippen molar-refractivity contribution in [2.24, 2.45) is 16.7 Å². The van der Waals surface area contributed by atoms with E-state index in [1.807, 2.05) is 0 Å². The fraction of sp³-hybridized carbons (Fsp3) is 0.500. The number of rotatable bonds is 4. The van der Waals surface area contributed by atoms with Gasteiger partial charge in [-0.15, -0.1) is 0 Å². The highest BCUT2D eigenvalue weighted by molar-refractivity contribution is 6.30. The molecule has 2 fully saturated rings. The topological polar surface area (TPSA) is 69.7 Å². The monoisotopic (exact) mass is 350 g/mol. The number of carbonyl (C=O) groups excluding carboxylic acids is 3. The number of ether oxygens (including phenoxy) is 2. The van der Waals surface area contributed by atoms with Crippen LogP contribution in [0.15, 0.2) is 24.3 Å². The van der Waals surface area contributed by atoms with Crippen molar-refractivity contribution in [3.63, 3.8) is 0 Å². The van der Waals surface area contributed by atoms with Gasteiger partial charge in [0.05, 0.1) is 12.5 Å². The van der Waals surface area contributed by atoms with Gasteiger partial charge < -0.3 is 9.47 Å². The summed E-state index contributed by atoms with van der Waals surface area (Å²) in [6, 6.07) is 6.45. The van der Waals surface area contributed by atoms with E-state index in [4.69, 9.17) is 21.1 Å². The molecular weight excluding hydrogens is 332 g/mol. The van der Waals surface area contributed by atoms with Crippen molar-refractivity contribution in [1.29, 1.82) is 0 Å². The lowest BCUT2D eigenvalue weighted by Crippen LogP contribution is -2.40. The van der Waals surface area contributed by atoms with Crippen molar-refractivity contribution in [2.75, 3.05) is 7.11 Å². The first-order valence-electron chi connectivity index (χ1n) is 7.82. The Morgan fingerprint density at radius 1 is 1.25 bits per heavy atom. The third-order valence-corrected chi connectivity index (χ3v) is 5.75. The lowest BCUT2D eigenvalue weighted by molar-refractivity contribution is -0.165. The summed E-state index contributed by atoms with van der Waals surface area (Å²) in [5.41, 5.74) is -3.20. The molecule has 3 rings (SSSR count). The highest BCUT2D eigenvalue weighted by Crippen LogP contribution is 2.80. The van der Waals surface area contributed by atoms with Crippen LogP contribution in [0.1, 0.15) is 37.6 Å². The van der Waals surface area contributed by atoms with Crippen LogP contribution in [0, 0.1) is 16.7 Å². The maximum Gasteiger partial charge on any atom is 0.325 e. The third-order valence-electron chi connectivity index (χ3n) is 5.50. The van der Waals surface area contributed by atoms with Gasteiger partial charge in [0.1, 0.15) is 5.60 Å². The highest BCUT2D eigenvalue weighted by Gasteiger charge is 2.95. The molecule has 2 aliphatic rings. The second-order valence-corrected chi connectivity index (χ2v) is 7.32. The first-order valence-corrected chi connectivity index (χ1v) is 8.20. The lowest BCUT2D eigenvalue weighted by atomic mass is 9.81. The quantitative estimate of drug-likeness (QED) is 0.474. The van der Waals surface area contributed by atoms with Crippen LogP contribution in [0.2, 0.25) is 5.02 Å². The van der Waals surface area contributed by atoms with Crippen molar-refractivity contribution in [2.45, 2.75) is 32.8 Å². The summed E-state index contributed by atoms with van der Waals surface area (Å²) in [6.45, 7) is 5.26. The van der Waals surface area contributed by atoms with E-state index in [1.54, 1.807) is 45.0 Å². The molecule has 1 aromatic carbocycles. The number of Topliss-reactive ketones (excluding diaryl/α,β-unsaturated/α-hetero) is 1. The molecule has 6 heteroatoms. The number of hydrogen-bond donors (Lipinski definition) is 0. The Balaban J connectivity index is 2.16. The Labute approximate surface area is 145 Å². The molecule has 24 heavy (non-hydrogen) atoms. The summed E-state index contributed by atoms with van der Waals surface area (Å²) < 4.78 is 10.3. The van der Waals surface area contributed by atoms with Crippen molar-refractivity contribution in [1.82, 2.24) is 0 Å². The Morgan fingerprint density at radius 3 is 2.33 bits per heavy atom. The summed E-state index contributed by atoms with van der Waals surface area (Å²) in [7, 11) is 1.22. The average molecular weight is 351 g/mol. The first-order chi connectivity index (χ1) is 11.2. The van der Waals surface area contributed by atoms with Crippen LogP contribution >= 0.6 is 11.6 Å². The zero-order chi connectivity index (χ0) is 17.9. The lowest BCUT2D eigenvalue weighted by Gasteiger charge is -2.28. The van der Waals surface area contributed by atoms with Crippen LogP contribution < -0.4 is 0 Å². The number of hydrogen-bond acceptors (Lipinski definition) is 5. The second kappa shape index (κ2) is 5.06. The van der Waals surface area contributed by atoms with Gasteiger partial charge in [0.15, 0.2) is 11.2 Å². The number of cyclic esters (lactones) is 1. The van der Waals surface area contributed by atoms with Gasteiger partial charge in [-0.25, -0.2) is 0 Å². The Kier molecular flexibility index (Phi) is 3.57. The molecule has 0 N–H and O–H groups in total. The molecule has 1 aliphatic heterocycles. The van der Waals surface area contributed by atoms with Crippen LogP contribution in [-0.4, -0.2) is 30.4 Å². The molecule has 128 valence electrons. The van der Waals surface area contributed by atoms with Crippen molar-refractivity contribution < 1.29 is 23.9 Å². The predicted molar refractivity (Wildman–Crippen MR) is 86.6 cm³/mol. The second-order valence-electron chi connectivity index (χ2n) is 6.89. The van der Waals surface area contributed by atoms with Crippen LogP contribution in [-0.2, 0) is 19.1 Å². The van der Waals surface area contributed by atoms with Crippen LogP contribution in [0.5, 0.6) is 0 Å². The normalized spacial score (nSPS) is 32.7. The molecule has 1 heterocycles. The molecule has 1 aromatic rings. The summed E-state index contributed by atoms with van der Waals surface area (Å²) in [5.74, 6) is -2.17. The smallest absolute Gasteiger partial charge is 0.325 e. The maximum atomic E-state index is 13.3. The van der Waals surface area contributed by atoms with Gasteiger partial charge in [-0.05, 0) is 44.5 Å². The number of ketones is 1. The minimum Gasteiger partial charge on any atom is -0.468 e. The van der Waals surface area contributed by atoms with E-state index in [0.29, 0.717) is 17.0 Å². The molecule has 0 spiro atoms. The molecule has 1 aliphatic carbocycles. The number of fused-ring (bicyclic) bond motifs is 1. The van der Waals surface area contributed by atoms with Gasteiger partial charge in [-0.3, -0.25) is 14.4 Å². The fourth-order valence-corrected chi connectivity index (χ4v) is 4.81. The van der Waals surface area contributed by atoms with Gasteiger partial charge in [-0.2, -0.15) is 0 Å². The Hall–Kier alpha value is -1.88. The summed E-state index contributed by atoms with van der Waals surface area (Å²) in [6.07, 6.45) is 0.340. The van der Waals surface area contributed by atoms with E-state index in [2.05, 4.69) is 0 Å². The van der Waals surface area contributed by atoms with E-state index in [-0.39, 0.29) is 5.78 Å². The number of carbonyl (C=O) groups is 3. The van der Waals surface area contributed by atoms with Gasteiger partial charge >= 0.3 is 11.9 Å². The molecule has 5 nitrogen and oxygen atoms in total. The summed E-state index contributed by atoms with van der Waals surface area (Å²) >= 11 is 5.89. The van der Waals surface area contributed by atoms with E-state index in [0.717, 1.165) is 0 Å². The van der Waals surface area contributed by atoms with Crippen LogP contribution in [0.3, 0.4) is 0 Å². The number of benzene rings is 1. The molecule has 0 bridgehead atoms. The van der Waals surface area contributed by atoms with E-state index in [1.165, 1.54) is 7.11 Å². The van der Waals surface area contributed by atoms with Gasteiger partial charge in [0, 0.05) is 16.5 Å². The Morgan fingerprint density at radius 2 is 1.83 bits per heavy atom. The minimum absolute atomic E-state index is 0.248. The van der Waals surface area contributed by atoms with Crippen LogP contribution in [0.4, 0.5) is 0 Å². The minimum atomic E-state index is -1.56. The molecule has 1 saturated heterocycles. The maximum absolute atomic E-state index is 13.3. The predicted octanol–water partition coefficient (Wildman–Crippen LogP) is 3.04. The van der Waals surface area contributed by atoms with E-state index < -0.39 is 34.3 Å². The number of methoxy groups -OCH3 is 1. The van der Waals surface area contributed by atoms with Crippen LogP contribution in [0.25, 0.3) is 0 Å². The number of esters is 2. The SMILES string of the molecule is CC[C@]1(C(=O)c2ccc(Cl)cc2)[C@@H]2C(C)(C)OC(=O)[C@]21C(=O)OC. The largest absolute Gasteiger partial charge is 0.468 e. The summed E-state index contributed by atoms with van der Waals surface area (Å²) in [5, 5.41) is 0.510. The third kappa shape index (κ3) is 1.73. The summed E-state index contributed by atoms with van der Waals surface area (Å²) in [4.78, 5) is 38.5. The standard InChI is InChI=1S/C18H19ClO5/c1-5-17(12(20)10-6-8-11(19)9-7-10)13-16(2,3)24-15(22)18(13,17)14(21)23-4/h6-9,13H,5H2,1-4H3/t13-,17-,18+/m0/s1. The van der Waals surface area contributed by atoms with Crippen molar-refractivity contribution in [3.8, 4) is 0 Å². The van der Waals surface area contributed by atoms with E-state index in [9.17, 15) is 14.4 Å². The molecule has 0 unspecified atom stereocenters. The molecule has 1 saturated carbocycles. The van der Waals surface area contributed by atoms with Crippen molar-refractivity contribution >= 4 is 29.3 Å². The molecule has 0 aromatic heterocycles. The fourth-order valence-electron chi connectivity index (χ4n) is 4.68. The number of halogens is 1. The first kappa shape index (κ1) is 17.0. The van der Waals surface area contributed by atoms with Gasteiger partial charge in [-0.1, -0.05) is 18.5 Å². The molecular formula is C18H19ClO5. The zero-order valence-electron chi connectivity index (χ0n) is 14.0. The molecule has 0 amide bonds. The van der Waals surface area contributed by atoms with Gasteiger partial charge in [0.2, 0.25) is 0 Å². The van der Waals surface area contributed by atoms with Gasteiger partial charge in [0.25, 0.3) is 0 Å². The highest BCUT2D eigenvalue weighted by atomic mass is 35.5. The Bertz CT molecular complexity index is 738. The van der Waals surface area contributed by atoms with Crippen molar-refractivity contribution in [3.05, 3.63) is 34.9 Å². The molecule has 0 radical (unpaired) electrons.